The largest absolute Gasteiger partial charge is 0.373 e. The molecule has 26 heavy (non-hydrogen) atoms. The summed E-state index contributed by atoms with van der Waals surface area (Å²) < 4.78 is 5.82. The molecule has 2 aliphatic heterocycles. The van der Waals surface area contributed by atoms with Crippen molar-refractivity contribution in [3.63, 3.8) is 0 Å². The SMILES string of the molecule is CC1CN(CC2CCN(C(=O)c3ccc(CN)cc3)CC2)CC(C)O1.Cl. The van der Waals surface area contributed by atoms with E-state index in [1.165, 1.54) is 0 Å². The van der Waals surface area contributed by atoms with Gasteiger partial charge in [-0.25, -0.2) is 0 Å². The lowest BCUT2D eigenvalue weighted by Gasteiger charge is -2.39. The van der Waals surface area contributed by atoms with E-state index in [0.29, 0.717) is 24.7 Å². The van der Waals surface area contributed by atoms with Crippen LogP contribution in [0.1, 0.15) is 42.6 Å². The van der Waals surface area contributed by atoms with Gasteiger partial charge in [0.15, 0.2) is 0 Å². The number of ether oxygens (including phenoxy) is 1. The minimum absolute atomic E-state index is 0. The number of nitrogens with two attached hydrogens (primary N) is 1. The summed E-state index contributed by atoms with van der Waals surface area (Å²) in [6.07, 6.45) is 2.82. The highest BCUT2D eigenvalue weighted by Gasteiger charge is 2.28. The molecule has 3 rings (SSSR count). The maximum atomic E-state index is 12.6. The number of rotatable bonds is 4. The predicted molar refractivity (Wildman–Crippen MR) is 107 cm³/mol. The molecule has 1 aromatic carbocycles. The molecule has 0 aliphatic carbocycles. The minimum atomic E-state index is 0. The van der Waals surface area contributed by atoms with Crippen LogP contribution in [0.5, 0.6) is 0 Å². The van der Waals surface area contributed by atoms with Crippen molar-refractivity contribution in [3.8, 4) is 0 Å². The van der Waals surface area contributed by atoms with Crippen molar-refractivity contribution >= 4 is 18.3 Å². The van der Waals surface area contributed by atoms with Crippen molar-refractivity contribution in [2.24, 2.45) is 11.7 Å². The molecule has 2 heterocycles. The summed E-state index contributed by atoms with van der Waals surface area (Å²) in [6.45, 7) is 9.72. The number of amides is 1. The van der Waals surface area contributed by atoms with Gasteiger partial charge in [-0.2, -0.15) is 0 Å². The van der Waals surface area contributed by atoms with Gasteiger partial charge in [0.05, 0.1) is 12.2 Å². The van der Waals surface area contributed by atoms with Gasteiger partial charge >= 0.3 is 0 Å². The third-order valence-corrected chi connectivity index (χ3v) is 5.35. The number of halogens is 1. The van der Waals surface area contributed by atoms with E-state index in [-0.39, 0.29) is 18.3 Å². The van der Waals surface area contributed by atoms with Crippen molar-refractivity contribution in [2.75, 3.05) is 32.7 Å². The normalized spacial score (nSPS) is 25.0. The van der Waals surface area contributed by atoms with E-state index in [9.17, 15) is 4.79 Å². The highest BCUT2D eigenvalue weighted by atomic mass is 35.5. The zero-order chi connectivity index (χ0) is 17.8. The van der Waals surface area contributed by atoms with E-state index < -0.39 is 0 Å². The molecule has 5 nitrogen and oxygen atoms in total. The van der Waals surface area contributed by atoms with E-state index in [2.05, 4.69) is 18.7 Å². The fourth-order valence-electron chi connectivity index (χ4n) is 4.08. The summed E-state index contributed by atoms with van der Waals surface area (Å²) in [7, 11) is 0. The number of hydrogen-bond donors (Lipinski definition) is 1. The summed E-state index contributed by atoms with van der Waals surface area (Å²) >= 11 is 0. The molecular weight excluding hydrogens is 350 g/mol. The Morgan fingerprint density at radius 1 is 1.12 bits per heavy atom. The van der Waals surface area contributed by atoms with Crippen molar-refractivity contribution < 1.29 is 9.53 Å². The van der Waals surface area contributed by atoms with Gasteiger partial charge in [0.2, 0.25) is 0 Å². The van der Waals surface area contributed by atoms with E-state index >= 15 is 0 Å². The van der Waals surface area contributed by atoms with E-state index in [4.69, 9.17) is 10.5 Å². The molecule has 6 heteroatoms. The lowest BCUT2D eigenvalue weighted by Crippen LogP contribution is -2.48. The summed E-state index contributed by atoms with van der Waals surface area (Å²) in [5.74, 6) is 0.830. The van der Waals surface area contributed by atoms with Crippen LogP contribution in [0.3, 0.4) is 0 Å². The zero-order valence-electron chi connectivity index (χ0n) is 15.9. The Labute approximate surface area is 163 Å². The molecule has 0 saturated carbocycles. The molecule has 0 spiro atoms. The maximum absolute atomic E-state index is 12.6. The summed E-state index contributed by atoms with van der Waals surface area (Å²) in [5.41, 5.74) is 7.45. The van der Waals surface area contributed by atoms with E-state index in [1.807, 2.05) is 29.2 Å². The summed E-state index contributed by atoms with van der Waals surface area (Å²) in [6, 6.07) is 7.68. The Hall–Kier alpha value is -1.14. The Morgan fingerprint density at radius 2 is 1.69 bits per heavy atom. The highest BCUT2D eigenvalue weighted by Crippen LogP contribution is 2.22. The van der Waals surface area contributed by atoms with Crippen LogP contribution in [0.4, 0.5) is 0 Å². The molecule has 146 valence electrons. The molecule has 2 aliphatic rings. The quantitative estimate of drug-likeness (QED) is 0.870. The number of benzene rings is 1. The third kappa shape index (κ3) is 5.43. The van der Waals surface area contributed by atoms with E-state index in [0.717, 1.165) is 56.7 Å². The highest BCUT2D eigenvalue weighted by molar-refractivity contribution is 5.94. The van der Waals surface area contributed by atoms with Crippen LogP contribution < -0.4 is 5.73 Å². The van der Waals surface area contributed by atoms with Crippen molar-refractivity contribution in [1.82, 2.24) is 9.80 Å². The van der Waals surface area contributed by atoms with Gasteiger partial charge in [-0.3, -0.25) is 9.69 Å². The lowest BCUT2D eigenvalue weighted by atomic mass is 9.95. The molecule has 0 radical (unpaired) electrons. The smallest absolute Gasteiger partial charge is 0.253 e. The van der Waals surface area contributed by atoms with Crippen LogP contribution in [0.15, 0.2) is 24.3 Å². The first-order valence-electron chi connectivity index (χ1n) is 9.51. The fourth-order valence-corrected chi connectivity index (χ4v) is 4.08. The number of piperidine rings is 1. The Morgan fingerprint density at radius 3 is 2.23 bits per heavy atom. The first-order chi connectivity index (χ1) is 12.0. The van der Waals surface area contributed by atoms with Crippen LogP contribution in [0.2, 0.25) is 0 Å². The van der Waals surface area contributed by atoms with Crippen LogP contribution in [-0.2, 0) is 11.3 Å². The van der Waals surface area contributed by atoms with Crippen LogP contribution in [0, 0.1) is 5.92 Å². The predicted octanol–water partition coefficient (Wildman–Crippen LogP) is 2.53. The average Bonchev–Trinajstić information content (AvgIpc) is 2.61. The maximum Gasteiger partial charge on any atom is 0.253 e. The van der Waals surface area contributed by atoms with Gasteiger partial charge in [0, 0.05) is 44.8 Å². The second-order valence-electron chi connectivity index (χ2n) is 7.61. The van der Waals surface area contributed by atoms with Crippen LogP contribution in [0.25, 0.3) is 0 Å². The third-order valence-electron chi connectivity index (χ3n) is 5.35. The molecule has 2 atom stereocenters. The molecule has 1 amide bonds. The molecule has 2 fully saturated rings. The Kier molecular flexibility index (Phi) is 7.89. The fraction of sp³-hybridized carbons (Fsp3) is 0.650. The first kappa shape index (κ1) is 21.2. The number of carbonyl (C=O) groups is 1. The van der Waals surface area contributed by atoms with Crippen molar-refractivity contribution in [1.29, 1.82) is 0 Å². The number of hydrogen-bond acceptors (Lipinski definition) is 4. The number of likely N-dealkylation sites (tertiary alicyclic amines) is 1. The second kappa shape index (κ2) is 9.70. The first-order valence-corrected chi connectivity index (χ1v) is 9.51. The second-order valence-corrected chi connectivity index (χ2v) is 7.61. The van der Waals surface area contributed by atoms with Crippen LogP contribution in [-0.4, -0.2) is 60.6 Å². The van der Waals surface area contributed by atoms with Gasteiger partial charge in [0.1, 0.15) is 0 Å². The minimum Gasteiger partial charge on any atom is -0.373 e. The van der Waals surface area contributed by atoms with Gasteiger partial charge in [0.25, 0.3) is 5.91 Å². The number of carbonyl (C=O) groups excluding carboxylic acids is 1. The molecule has 0 aromatic heterocycles. The molecule has 0 bridgehead atoms. The van der Waals surface area contributed by atoms with Gasteiger partial charge in [-0.05, 0) is 50.3 Å². The van der Waals surface area contributed by atoms with Crippen molar-refractivity contribution in [3.05, 3.63) is 35.4 Å². The summed E-state index contributed by atoms with van der Waals surface area (Å²) in [4.78, 5) is 17.2. The van der Waals surface area contributed by atoms with E-state index in [1.54, 1.807) is 0 Å². The monoisotopic (exact) mass is 381 g/mol. The van der Waals surface area contributed by atoms with Gasteiger partial charge < -0.3 is 15.4 Å². The van der Waals surface area contributed by atoms with Crippen molar-refractivity contribution in [2.45, 2.75) is 45.4 Å². The average molecular weight is 382 g/mol. The Bertz CT molecular complexity index is 563. The number of morpholine rings is 1. The standard InChI is InChI=1S/C20H31N3O2.ClH/c1-15-12-22(13-16(2)25-15)14-18-7-9-23(10-8-18)20(24)19-5-3-17(11-21)4-6-19;/h3-6,15-16,18H,7-14,21H2,1-2H3;1H. The zero-order valence-corrected chi connectivity index (χ0v) is 16.7. The molecule has 1 aromatic rings. The topological polar surface area (TPSA) is 58.8 Å². The molecule has 2 N–H and O–H groups in total. The number of nitrogens with zero attached hydrogens (tertiary/aromatic N) is 2. The molecule has 2 saturated heterocycles. The van der Waals surface area contributed by atoms with Gasteiger partial charge in [-0.15, -0.1) is 12.4 Å². The van der Waals surface area contributed by atoms with Crippen LogP contribution >= 0.6 is 12.4 Å². The van der Waals surface area contributed by atoms with Gasteiger partial charge in [-0.1, -0.05) is 12.1 Å². The summed E-state index contributed by atoms with van der Waals surface area (Å²) in [5, 5.41) is 0. The molecule has 2 unspecified atom stereocenters. The lowest BCUT2D eigenvalue weighted by molar-refractivity contribution is -0.0728. The molecular formula is C20H32ClN3O2. The Balaban J connectivity index is 0.00000243.